The third kappa shape index (κ3) is 4.42. The molecule has 2 N–H and O–H groups in total. The summed E-state index contributed by atoms with van der Waals surface area (Å²) in [6.07, 6.45) is 1.39. The van der Waals surface area contributed by atoms with Gasteiger partial charge in [-0.2, -0.15) is 4.68 Å². The Balaban J connectivity index is 1.71. The molecular formula is C25H27FN6O3Si. The Morgan fingerprint density at radius 3 is 2.61 bits per heavy atom. The highest BCUT2D eigenvalue weighted by Crippen LogP contribution is 2.36. The second kappa shape index (κ2) is 8.99. The lowest BCUT2D eigenvalue weighted by molar-refractivity contribution is 0.0761. The fourth-order valence-corrected chi connectivity index (χ4v) is 4.84. The maximum absolute atomic E-state index is 13.7. The Hall–Kier alpha value is -3.83. The first kappa shape index (κ1) is 23.9. The molecule has 0 amide bonds. The van der Waals surface area contributed by atoms with Crippen molar-refractivity contribution in [1.82, 2.24) is 24.1 Å². The number of aryl methyl sites for hydroxylation is 1. The number of nitrogens with two attached hydrogens (primary N) is 1. The summed E-state index contributed by atoms with van der Waals surface area (Å²) < 4.78 is 27.5. The van der Waals surface area contributed by atoms with E-state index < -0.39 is 13.8 Å². The maximum Gasteiger partial charge on any atom is 0.355 e. The first-order chi connectivity index (χ1) is 17.1. The molecule has 9 nitrogen and oxygen atoms in total. The van der Waals surface area contributed by atoms with E-state index in [1.807, 2.05) is 19.1 Å². The molecule has 0 spiro atoms. The molecule has 3 heterocycles. The van der Waals surface area contributed by atoms with Gasteiger partial charge in [0.1, 0.15) is 18.1 Å². The van der Waals surface area contributed by atoms with Crippen LogP contribution in [0.2, 0.25) is 25.7 Å². The van der Waals surface area contributed by atoms with E-state index in [2.05, 4.69) is 34.7 Å². The molecule has 36 heavy (non-hydrogen) atoms. The van der Waals surface area contributed by atoms with Crippen molar-refractivity contribution in [2.75, 3.05) is 12.3 Å². The van der Waals surface area contributed by atoms with Crippen molar-refractivity contribution in [1.29, 1.82) is 0 Å². The van der Waals surface area contributed by atoms with Crippen LogP contribution in [-0.4, -0.2) is 38.8 Å². The number of nitrogen functional groups attached to an aromatic ring is 1. The van der Waals surface area contributed by atoms with E-state index in [-0.39, 0.29) is 18.5 Å². The Kier molecular flexibility index (Phi) is 5.97. The molecule has 2 aromatic carbocycles. The molecule has 5 rings (SSSR count). The lowest BCUT2D eigenvalue weighted by Crippen LogP contribution is -2.26. The second-order valence-corrected chi connectivity index (χ2v) is 15.6. The molecule has 11 heteroatoms. The molecule has 0 saturated heterocycles. The molecule has 0 bridgehead atoms. The number of halogens is 1. The number of anilines is 1. The van der Waals surface area contributed by atoms with Gasteiger partial charge in [0, 0.05) is 20.2 Å². The number of oxazole rings is 1. The van der Waals surface area contributed by atoms with Crippen LogP contribution in [0.25, 0.3) is 39.1 Å². The number of aromatic nitrogens is 5. The number of fused-ring (bicyclic) bond motifs is 2. The topological polar surface area (TPSA) is 113 Å². The van der Waals surface area contributed by atoms with Gasteiger partial charge in [-0.05, 0) is 60.5 Å². The molecule has 0 saturated carbocycles. The van der Waals surface area contributed by atoms with Gasteiger partial charge in [-0.3, -0.25) is 0 Å². The minimum Gasteiger partial charge on any atom is -0.443 e. The van der Waals surface area contributed by atoms with Crippen LogP contribution in [0.4, 0.5) is 10.3 Å². The van der Waals surface area contributed by atoms with Crippen molar-refractivity contribution < 1.29 is 13.5 Å². The summed E-state index contributed by atoms with van der Waals surface area (Å²) in [6, 6.07) is 10.7. The molecule has 0 aliphatic carbocycles. The Morgan fingerprint density at radius 1 is 1.14 bits per heavy atom. The van der Waals surface area contributed by atoms with Gasteiger partial charge >= 0.3 is 5.69 Å². The van der Waals surface area contributed by atoms with E-state index in [0.717, 1.165) is 17.1 Å². The summed E-state index contributed by atoms with van der Waals surface area (Å²) in [4.78, 5) is 22.1. The number of rotatable bonds is 7. The summed E-state index contributed by atoms with van der Waals surface area (Å²) in [6.45, 7) is 9.24. The standard InChI is InChI=1S/C25H27FN6O3Si/c1-15-11-17(12-19-21(15)28-13-35-19)20-22(16-5-7-18(26)8-6-16)29-24(27)32-23(20)30-31(25(32)33)14-34-9-10-36(2,3)4/h5-8,11-13H,9-10,14H2,1-4H3,(H2,27,29). The summed E-state index contributed by atoms with van der Waals surface area (Å²) in [5, 5.41) is 4.60. The van der Waals surface area contributed by atoms with Crippen LogP contribution in [0.5, 0.6) is 0 Å². The molecule has 0 aliphatic rings. The number of benzene rings is 2. The van der Waals surface area contributed by atoms with E-state index in [1.54, 1.807) is 12.1 Å². The van der Waals surface area contributed by atoms with E-state index in [4.69, 9.17) is 14.9 Å². The van der Waals surface area contributed by atoms with Crippen LogP contribution in [0, 0.1) is 12.7 Å². The molecule has 0 atom stereocenters. The predicted molar refractivity (Wildman–Crippen MR) is 139 cm³/mol. The van der Waals surface area contributed by atoms with Crippen LogP contribution in [-0.2, 0) is 11.5 Å². The minimum absolute atomic E-state index is 0.00405. The molecular weight excluding hydrogens is 479 g/mol. The van der Waals surface area contributed by atoms with Gasteiger partial charge in [0.15, 0.2) is 17.6 Å². The van der Waals surface area contributed by atoms with Crippen LogP contribution in [0.3, 0.4) is 0 Å². The van der Waals surface area contributed by atoms with Gasteiger partial charge in [-0.1, -0.05) is 19.6 Å². The number of nitrogens with zero attached hydrogens (tertiary/aromatic N) is 5. The van der Waals surface area contributed by atoms with Crippen LogP contribution < -0.4 is 11.4 Å². The summed E-state index contributed by atoms with van der Waals surface area (Å²) in [5.74, 6) is -0.395. The fraction of sp³-hybridized carbons (Fsp3) is 0.280. The van der Waals surface area contributed by atoms with E-state index in [1.165, 1.54) is 27.6 Å². The van der Waals surface area contributed by atoms with Crippen molar-refractivity contribution >= 4 is 30.8 Å². The van der Waals surface area contributed by atoms with Crippen molar-refractivity contribution in [3.63, 3.8) is 0 Å². The first-order valence-corrected chi connectivity index (χ1v) is 15.3. The molecule has 0 unspecified atom stereocenters. The molecule has 186 valence electrons. The maximum atomic E-state index is 13.7. The van der Waals surface area contributed by atoms with Gasteiger partial charge in [-0.15, -0.1) is 5.10 Å². The van der Waals surface area contributed by atoms with Crippen molar-refractivity contribution in [2.24, 2.45) is 0 Å². The van der Waals surface area contributed by atoms with Gasteiger partial charge in [-0.25, -0.2) is 23.6 Å². The smallest absolute Gasteiger partial charge is 0.355 e. The number of hydrogen-bond donors (Lipinski definition) is 1. The summed E-state index contributed by atoms with van der Waals surface area (Å²) >= 11 is 0. The van der Waals surface area contributed by atoms with E-state index >= 15 is 0 Å². The zero-order chi connectivity index (χ0) is 25.6. The van der Waals surface area contributed by atoms with E-state index in [0.29, 0.717) is 40.2 Å². The second-order valence-electron chi connectivity index (χ2n) is 9.98. The number of hydrogen-bond acceptors (Lipinski definition) is 7. The Morgan fingerprint density at radius 2 is 1.89 bits per heavy atom. The normalized spacial score (nSPS) is 12.1. The van der Waals surface area contributed by atoms with Gasteiger partial charge in [0.2, 0.25) is 5.95 Å². The van der Waals surface area contributed by atoms with Crippen LogP contribution in [0.15, 0.2) is 52.0 Å². The summed E-state index contributed by atoms with van der Waals surface area (Å²) in [5.41, 5.74) is 10.7. The van der Waals surface area contributed by atoms with Crippen molar-refractivity contribution in [3.8, 4) is 22.4 Å². The third-order valence-corrected chi connectivity index (χ3v) is 7.70. The average molecular weight is 507 g/mol. The quantitative estimate of drug-likeness (QED) is 0.251. The molecule has 5 aromatic rings. The molecule has 3 aromatic heterocycles. The molecule has 0 radical (unpaired) electrons. The van der Waals surface area contributed by atoms with Crippen LogP contribution in [0.1, 0.15) is 5.56 Å². The fourth-order valence-electron chi connectivity index (χ4n) is 4.08. The predicted octanol–water partition coefficient (Wildman–Crippen LogP) is 4.71. The highest BCUT2D eigenvalue weighted by molar-refractivity contribution is 6.76. The zero-order valence-electron chi connectivity index (χ0n) is 20.6. The van der Waals surface area contributed by atoms with E-state index in [9.17, 15) is 9.18 Å². The third-order valence-electron chi connectivity index (χ3n) is 6.00. The lowest BCUT2D eigenvalue weighted by Gasteiger charge is -2.14. The van der Waals surface area contributed by atoms with Gasteiger partial charge < -0.3 is 14.9 Å². The highest BCUT2D eigenvalue weighted by Gasteiger charge is 2.23. The highest BCUT2D eigenvalue weighted by atomic mass is 28.3. The Labute approximate surface area is 207 Å². The Bertz CT molecular complexity index is 1630. The lowest BCUT2D eigenvalue weighted by atomic mass is 9.98. The molecule has 0 aliphatic heterocycles. The molecule has 0 fully saturated rings. The summed E-state index contributed by atoms with van der Waals surface area (Å²) in [7, 11) is -1.28. The monoisotopic (exact) mass is 506 g/mol. The van der Waals surface area contributed by atoms with Crippen molar-refractivity contribution in [2.45, 2.75) is 39.3 Å². The zero-order valence-corrected chi connectivity index (χ0v) is 21.6. The average Bonchev–Trinajstić information content (AvgIpc) is 3.42. The number of ether oxygens (including phenoxy) is 1. The minimum atomic E-state index is -1.28. The van der Waals surface area contributed by atoms with Crippen molar-refractivity contribution in [3.05, 3.63) is 64.7 Å². The first-order valence-electron chi connectivity index (χ1n) is 11.6. The van der Waals surface area contributed by atoms with Crippen LogP contribution >= 0.6 is 0 Å². The SMILES string of the molecule is Cc1cc(-c2c(-c3ccc(F)cc3)nc(N)n3c(=O)n(COCC[Si](C)(C)C)nc23)cc2ocnc12. The van der Waals surface area contributed by atoms with Gasteiger partial charge in [0.05, 0.1) is 11.3 Å². The van der Waals surface area contributed by atoms with Gasteiger partial charge in [0.25, 0.3) is 0 Å². The largest absolute Gasteiger partial charge is 0.443 e.